The van der Waals surface area contributed by atoms with Crippen molar-refractivity contribution in [3.8, 4) is 0 Å². The van der Waals surface area contributed by atoms with Gasteiger partial charge in [-0.2, -0.15) is 12.6 Å². The van der Waals surface area contributed by atoms with Crippen LogP contribution in [0.1, 0.15) is 53.4 Å². The number of hydrogen-bond donors (Lipinski definition) is 1. The number of rotatable bonds is 3. The Labute approximate surface area is 98.7 Å². The molecule has 1 nitrogen and oxygen atoms in total. The molecule has 86 valence electrons. The van der Waals surface area contributed by atoms with Gasteiger partial charge in [0.2, 0.25) is 0 Å². The minimum atomic E-state index is 0.123. The summed E-state index contributed by atoms with van der Waals surface area (Å²) in [5.41, 5.74) is 3.09. The number of allylic oxidation sites excluding steroid dienone is 1. The van der Waals surface area contributed by atoms with Crippen LogP contribution in [0.25, 0.3) is 0 Å². The Kier molecular flexibility index (Phi) is 4.05. The van der Waals surface area contributed by atoms with Gasteiger partial charge in [-0.25, -0.2) is 0 Å². The zero-order chi connectivity index (χ0) is 11.6. The van der Waals surface area contributed by atoms with Gasteiger partial charge in [0.25, 0.3) is 0 Å². The van der Waals surface area contributed by atoms with E-state index in [1.54, 1.807) is 6.92 Å². The quantitative estimate of drug-likeness (QED) is 0.572. The van der Waals surface area contributed by atoms with Gasteiger partial charge < -0.3 is 0 Å². The molecule has 15 heavy (non-hydrogen) atoms. The molecule has 1 rings (SSSR count). The van der Waals surface area contributed by atoms with Crippen molar-refractivity contribution in [2.45, 2.75) is 58.6 Å². The Bertz CT molecular complexity index is 289. The highest BCUT2D eigenvalue weighted by molar-refractivity contribution is 7.81. The van der Waals surface area contributed by atoms with Crippen molar-refractivity contribution in [2.75, 3.05) is 0 Å². The molecule has 0 heterocycles. The molecule has 1 aliphatic rings. The van der Waals surface area contributed by atoms with Gasteiger partial charge in [-0.15, -0.1) is 0 Å². The SMILES string of the molecule is CC(=O)CC(S)C1=C(C)CCCC1(C)C. The van der Waals surface area contributed by atoms with Crippen molar-refractivity contribution in [3.63, 3.8) is 0 Å². The first kappa shape index (κ1) is 12.8. The average Bonchev–Trinajstić information content (AvgIpc) is 1.99. The van der Waals surface area contributed by atoms with Gasteiger partial charge in [-0.1, -0.05) is 25.0 Å². The van der Waals surface area contributed by atoms with Crippen molar-refractivity contribution in [3.05, 3.63) is 11.1 Å². The standard InChI is InChI=1S/C13H22OS/c1-9-6-5-7-13(3,4)12(9)11(15)8-10(2)14/h11,15H,5-8H2,1-4H3. The third kappa shape index (κ3) is 3.10. The van der Waals surface area contributed by atoms with Crippen LogP contribution in [0, 0.1) is 5.41 Å². The van der Waals surface area contributed by atoms with E-state index in [0.717, 1.165) is 0 Å². The second kappa shape index (κ2) is 4.73. The molecule has 1 unspecified atom stereocenters. The summed E-state index contributed by atoms with van der Waals surface area (Å²) in [7, 11) is 0. The Morgan fingerprint density at radius 1 is 1.53 bits per heavy atom. The van der Waals surface area contributed by atoms with E-state index in [-0.39, 0.29) is 16.4 Å². The molecule has 0 saturated carbocycles. The first-order valence-electron chi connectivity index (χ1n) is 5.72. The summed E-state index contributed by atoms with van der Waals surface area (Å²) < 4.78 is 0. The van der Waals surface area contributed by atoms with Crippen LogP contribution in [0.15, 0.2) is 11.1 Å². The molecule has 0 aromatic rings. The van der Waals surface area contributed by atoms with Crippen LogP contribution in [0.3, 0.4) is 0 Å². The van der Waals surface area contributed by atoms with Crippen LogP contribution in [-0.2, 0) is 4.79 Å². The number of Topliss-reactive ketones (excluding diaryl/α,β-unsaturated/α-hetero) is 1. The van der Waals surface area contributed by atoms with E-state index in [4.69, 9.17) is 0 Å². The molecule has 0 N–H and O–H groups in total. The second-order valence-corrected chi connectivity index (χ2v) is 5.98. The van der Waals surface area contributed by atoms with E-state index in [9.17, 15) is 4.79 Å². The molecular formula is C13H22OS. The van der Waals surface area contributed by atoms with Crippen molar-refractivity contribution in [1.29, 1.82) is 0 Å². The van der Waals surface area contributed by atoms with E-state index in [0.29, 0.717) is 6.42 Å². The molecule has 0 fully saturated rings. The molecule has 2 heteroatoms. The van der Waals surface area contributed by atoms with E-state index in [1.807, 2.05) is 0 Å². The summed E-state index contributed by atoms with van der Waals surface area (Å²) in [4.78, 5) is 11.1. The maximum atomic E-state index is 11.1. The number of carbonyl (C=O) groups excluding carboxylic acids is 1. The Morgan fingerprint density at radius 3 is 2.60 bits per heavy atom. The van der Waals surface area contributed by atoms with Gasteiger partial charge >= 0.3 is 0 Å². The summed E-state index contributed by atoms with van der Waals surface area (Å²) in [5, 5.41) is 0.123. The predicted octanol–water partition coefficient (Wildman–Crippen LogP) is 3.79. The lowest BCUT2D eigenvalue weighted by molar-refractivity contribution is -0.116. The van der Waals surface area contributed by atoms with Gasteiger partial charge in [0, 0.05) is 11.7 Å². The van der Waals surface area contributed by atoms with Crippen LogP contribution in [0.5, 0.6) is 0 Å². The second-order valence-electron chi connectivity index (χ2n) is 5.35. The molecule has 0 bridgehead atoms. The molecule has 0 aliphatic heterocycles. The molecule has 1 atom stereocenters. The summed E-state index contributed by atoms with van der Waals surface area (Å²) >= 11 is 4.61. The lowest BCUT2D eigenvalue weighted by atomic mass is 9.71. The topological polar surface area (TPSA) is 17.1 Å². The van der Waals surface area contributed by atoms with Crippen LogP contribution < -0.4 is 0 Å². The molecular weight excluding hydrogens is 204 g/mol. The van der Waals surface area contributed by atoms with Gasteiger partial charge in [0.05, 0.1) is 0 Å². The summed E-state index contributed by atoms with van der Waals surface area (Å²) in [6, 6.07) is 0. The van der Waals surface area contributed by atoms with E-state index < -0.39 is 0 Å². The number of hydrogen-bond acceptors (Lipinski definition) is 2. The van der Waals surface area contributed by atoms with Gasteiger partial charge in [0.15, 0.2) is 0 Å². The number of carbonyl (C=O) groups is 1. The highest BCUT2D eigenvalue weighted by atomic mass is 32.1. The third-order valence-corrected chi connectivity index (χ3v) is 3.80. The Hall–Kier alpha value is -0.240. The first-order valence-corrected chi connectivity index (χ1v) is 6.24. The smallest absolute Gasteiger partial charge is 0.131 e. The average molecular weight is 226 g/mol. The summed E-state index contributed by atoms with van der Waals surface area (Å²) in [5.74, 6) is 0.233. The van der Waals surface area contributed by atoms with Crippen molar-refractivity contribution >= 4 is 18.4 Å². The zero-order valence-electron chi connectivity index (χ0n) is 10.3. The van der Waals surface area contributed by atoms with Crippen LogP contribution >= 0.6 is 12.6 Å². The highest BCUT2D eigenvalue weighted by Crippen LogP contribution is 2.43. The van der Waals surface area contributed by atoms with Gasteiger partial charge in [-0.05, 0) is 38.5 Å². The first-order chi connectivity index (χ1) is 6.84. The van der Waals surface area contributed by atoms with E-state index in [1.165, 1.54) is 30.4 Å². The third-order valence-electron chi connectivity index (χ3n) is 3.36. The molecule has 0 amide bonds. The molecule has 0 saturated heterocycles. The lowest BCUT2D eigenvalue weighted by Crippen LogP contribution is -2.27. The maximum absolute atomic E-state index is 11.1. The fraction of sp³-hybridized carbons (Fsp3) is 0.769. The summed E-state index contributed by atoms with van der Waals surface area (Å²) in [6.07, 6.45) is 4.23. The molecule has 0 aromatic heterocycles. The van der Waals surface area contributed by atoms with Crippen LogP contribution in [0.4, 0.5) is 0 Å². The van der Waals surface area contributed by atoms with Crippen molar-refractivity contribution < 1.29 is 4.79 Å². The lowest BCUT2D eigenvalue weighted by Gasteiger charge is -2.37. The van der Waals surface area contributed by atoms with Crippen molar-refractivity contribution in [1.82, 2.24) is 0 Å². The van der Waals surface area contributed by atoms with Crippen LogP contribution in [-0.4, -0.2) is 11.0 Å². The maximum Gasteiger partial charge on any atom is 0.131 e. The molecule has 0 aromatic carbocycles. The van der Waals surface area contributed by atoms with Gasteiger partial charge in [0.1, 0.15) is 5.78 Å². The molecule has 0 radical (unpaired) electrons. The van der Waals surface area contributed by atoms with Crippen LogP contribution in [0.2, 0.25) is 0 Å². The minimum Gasteiger partial charge on any atom is -0.300 e. The normalized spacial score (nSPS) is 22.7. The molecule has 1 aliphatic carbocycles. The minimum absolute atomic E-state index is 0.123. The van der Waals surface area contributed by atoms with Gasteiger partial charge in [-0.3, -0.25) is 4.79 Å². The number of ketones is 1. The monoisotopic (exact) mass is 226 g/mol. The number of thiol groups is 1. The van der Waals surface area contributed by atoms with E-state index >= 15 is 0 Å². The zero-order valence-corrected chi connectivity index (χ0v) is 11.2. The largest absolute Gasteiger partial charge is 0.300 e. The fourth-order valence-corrected chi connectivity index (χ4v) is 3.58. The fourth-order valence-electron chi connectivity index (χ4n) is 2.75. The summed E-state index contributed by atoms with van der Waals surface area (Å²) in [6.45, 7) is 8.39. The molecule has 0 spiro atoms. The predicted molar refractivity (Wildman–Crippen MR) is 68.4 cm³/mol. The van der Waals surface area contributed by atoms with E-state index in [2.05, 4.69) is 33.4 Å². The highest BCUT2D eigenvalue weighted by Gasteiger charge is 2.32. The Morgan fingerprint density at radius 2 is 2.13 bits per heavy atom. The Balaban J connectivity index is 2.92. The van der Waals surface area contributed by atoms with Crippen molar-refractivity contribution in [2.24, 2.45) is 5.41 Å².